The summed E-state index contributed by atoms with van der Waals surface area (Å²) in [6.45, 7) is 0. The monoisotopic (exact) mass is 290 g/mol. The van der Waals surface area contributed by atoms with Crippen LogP contribution in [0.2, 0.25) is 10.0 Å². The lowest BCUT2D eigenvalue weighted by Gasteiger charge is -2.17. The lowest BCUT2D eigenvalue weighted by atomic mass is 10.1. The van der Waals surface area contributed by atoms with Gasteiger partial charge in [0.25, 0.3) is 5.91 Å². The Hall–Kier alpha value is -1.66. The van der Waals surface area contributed by atoms with Crippen LogP contribution in [-0.2, 0) is 9.53 Å². The fourth-order valence-electron chi connectivity index (χ4n) is 1.36. The van der Waals surface area contributed by atoms with Gasteiger partial charge in [0.2, 0.25) is 0 Å². The Bertz CT molecular complexity index is 473. The summed E-state index contributed by atoms with van der Waals surface area (Å²) in [7, 11) is 0. The van der Waals surface area contributed by atoms with E-state index in [2.05, 4.69) is 5.18 Å². The van der Waals surface area contributed by atoms with Crippen molar-refractivity contribution in [1.29, 1.82) is 0 Å². The lowest BCUT2D eigenvalue weighted by Crippen LogP contribution is -2.19. The van der Waals surface area contributed by atoms with Crippen LogP contribution in [0, 0.1) is 4.91 Å². The summed E-state index contributed by atoms with van der Waals surface area (Å²) >= 11 is 11.8. The number of ether oxygens (including phenoxy) is 1. The minimum Gasteiger partial charge on any atom is -0.441 e. The molecule has 2 N–H and O–H groups in total. The SMILES string of the molecule is NC(=O)OC(CC(=O)N=O)c1c(Cl)cccc1Cl. The average molecular weight is 291 g/mol. The van der Waals surface area contributed by atoms with Crippen molar-refractivity contribution in [2.75, 3.05) is 0 Å². The topological polar surface area (TPSA) is 98.8 Å². The molecule has 96 valence electrons. The predicted octanol–water partition coefficient (Wildman–Crippen LogP) is 2.81. The summed E-state index contributed by atoms with van der Waals surface area (Å²) in [4.78, 5) is 31.9. The number of benzene rings is 1. The maximum absolute atomic E-state index is 11.0. The molecule has 0 radical (unpaired) electrons. The molecular formula is C10H8Cl2N2O4. The van der Waals surface area contributed by atoms with Gasteiger partial charge in [0.15, 0.2) is 0 Å². The molecular weight excluding hydrogens is 283 g/mol. The molecule has 0 spiro atoms. The van der Waals surface area contributed by atoms with Crippen molar-refractivity contribution < 1.29 is 14.3 Å². The Morgan fingerprint density at radius 3 is 2.33 bits per heavy atom. The van der Waals surface area contributed by atoms with Crippen LogP contribution in [0.4, 0.5) is 4.79 Å². The van der Waals surface area contributed by atoms with E-state index in [0.717, 1.165) is 0 Å². The normalized spacial score (nSPS) is 11.7. The van der Waals surface area contributed by atoms with E-state index >= 15 is 0 Å². The van der Waals surface area contributed by atoms with E-state index in [4.69, 9.17) is 33.7 Å². The van der Waals surface area contributed by atoms with Crippen LogP contribution in [0.1, 0.15) is 18.1 Å². The van der Waals surface area contributed by atoms with Gasteiger partial charge >= 0.3 is 6.09 Å². The summed E-state index contributed by atoms with van der Waals surface area (Å²) in [5.74, 6) is -1.00. The van der Waals surface area contributed by atoms with E-state index in [0.29, 0.717) is 0 Å². The fraction of sp³-hybridized carbons (Fsp3) is 0.200. The largest absolute Gasteiger partial charge is 0.441 e. The third-order valence-corrected chi connectivity index (χ3v) is 2.70. The number of hydrogen-bond donors (Lipinski definition) is 1. The molecule has 8 heteroatoms. The quantitative estimate of drug-likeness (QED) is 0.862. The zero-order valence-electron chi connectivity index (χ0n) is 8.93. The Labute approximate surface area is 112 Å². The molecule has 0 fully saturated rings. The summed E-state index contributed by atoms with van der Waals surface area (Å²) < 4.78 is 4.72. The third-order valence-electron chi connectivity index (χ3n) is 2.04. The van der Waals surface area contributed by atoms with Crippen molar-refractivity contribution in [3.05, 3.63) is 38.7 Å². The standard InChI is InChI=1S/C10H8Cl2N2O4/c11-5-2-1-3-6(12)9(5)7(18-10(13)16)4-8(15)14-17/h1-3,7H,4H2,(H2,13,16). The summed E-state index contributed by atoms with van der Waals surface area (Å²) in [5, 5.41) is 2.59. The maximum atomic E-state index is 11.0. The highest BCUT2D eigenvalue weighted by atomic mass is 35.5. The van der Waals surface area contributed by atoms with Crippen LogP contribution in [0.25, 0.3) is 0 Å². The minimum absolute atomic E-state index is 0.187. The average Bonchev–Trinajstić information content (AvgIpc) is 2.27. The van der Waals surface area contributed by atoms with E-state index in [9.17, 15) is 14.5 Å². The first-order valence-corrected chi connectivity index (χ1v) is 5.47. The van der Waals surface area contributed by atoms with Crippen LogP contribution >= 0.6 is 23.2 Å². The van der Waals surface area contributed by atoms with Gasteiger partial charge in [0, 0.05) is 20.8 Å². The highest BCUT2D eigenvalue weighted by Crippen LogP contribution is 2.34. The first-order valence-electron chi connectivity index (χ1n) is 4.72. The molecule has 0 aliphatic carbocycles. The molecule has 1 aromatic carbocycles. The number of nitroso groups, excluding NO2 is 1. The molecule has 0 bridgehead atoms. The molecule has 18 heavy (non-hydrogen) atoms. The van der Waals surface area contributed by atoms with Gasteiger partial charge in [-0.3, -0.25) is 4.79 Å². The second-order valence-electron chi connectivity index (χ2n) is 3.25. The minimum atomic E-state index is -1.14. The Morgan fingerprint density at radius 1 is 1.33 bits per heavy atom. The van der Waals surface area contributed by atoms with Crippen molar-refractivity contribution in [1.82, 2.24) is 0 Å². The number of carbonyl (C=O) groups is 2. The Balaban J connectivity index is 3.12. The highest BCUT2D eigenvalue weighted by Gasteiger charge is 2.24. The highest BCUT2D eigenvalue weighted by molar-refractivity contribution is 6.36. The first-order chi connectivity index (χ1) is 8.45. The molecule has 1 unspecified atom stereocenters. The van der Waals surface area contributed by atoms with Gasteiger partial charge in [-0.15, -0.1) is 4.91 Å². The number of nitrogens with two attached hydrogens (primary N) is 1. The second kappa shape index (κ2) is 6.32. The van der Waals surface area contributed by atoms with E-state index in [-0.39, 0.29) is 15.6 Å². The Kier molecular flexibility index (Phi) is 5.06. The van der Waals surface area contributed by atoms with Crippen molar-refractivity contribution >= 4 is 35.2 Å². The molecule has 1 atom stereocenters. The van der Waals surface area contributed by atoms with Crippen LogP contribution in [0.3, 0.4) is 0 Å². The van der Waals surface area contributed by atoms with Gasteiger partial charge in [0.1, 0.15) is 6.10 Å². The number of amides is 2. The van der Waals surface area contributed by atoms with Crippen LogP contribution in [0.5, 0.6) is 0 Å². The predicted molar refractivity (Wildman–Crippen MR) is 65.3 cm³/mol. The van der Waals surface area contributed by atoms with Crippen molar-refractivity contribution in [2.45, 2.75) is 12.5 Å². The zero-order chi connectivity index (χ0) is 13.7. The maximum Gasteiger partial charge on any atom is 0.405 e. The molecule has 0 heterocycles. The number of carbonyl (C=O) groups excluding carboxylic acids is 2. The smallest absolute Gasteiger partial charge is 0.405 e. The van der Waals surface area contributed by atoms with Crippen LogP contribution < -0.4 is 5.73 Å². The van der Waals surface area contributed by atoms with Crippen molar-refractivity contribution in [3.63, 3.8) is 0 Å². The van der Waals surface area contributed by atoms with Gasteiger partial charge in [-0.25, -0.2) is 4.79 Å². The van der Waals surface area contributed by atoms with Gasteiger partial charge in [-0.05, 0) is 12.1 Å². The number of nitrogens with zero attached hydrogens (tertiary/aromatic N) is 1. The molecule has 2 amide bonds. The van der Waals surface area contributed by atoms with Gasteiger partial charge in [0.05, 0.1) is 6.42 Å². The molecule has 1 aromatic rings. The van der Waals surface area contributed by atoms with Crippen molar-refractivity contribution in [2.24, 2.45) is 10.9 Å². The zero-order valence-corrected chi connectivity index (χ0v) is 10.4. The summed E-state index contributed by atoms with van der Waals surface area (Å²) in [6, 6.07) is 4.58. The van der Waals surface area contributed by atoms with E-state index in [1.807, 2.05) is 0 Å². The van der Waals surface area contributed by atoms with Crippen LogP contribution in [0.15, 0.2) is 23.4 Å². The van der Waals surface area contributed by atoms with Gasteiger partial charge < -0.3 is 10.5 Å². The van der Waals surface area contributed by atoms with E-state index in [1.165, 1.54) is 12.1 Å². The van der Waals surface area contributed by atoms with Gasteiger partial charge in [-0.1, -0.05) is 29.3 Å². The van der Waals surface area contributed by atoms with E-state index < -0.39 is 24.5 Å². The molecule has 0 aliphatic rings. The van der Waals surface area contributed by atoms with Crippen LogP contribution in [-0.4, -0.2) is 12.0 Å². The Morgan fingerprint density at radius 2 is 1.89 bits per heavy atom. The second-order valence-corrected chi connectivity index (χ2v) is 4.06. The lowest BCUT2D eigenvalue weighted by molar-refractivity contribution is -0.119. The molecule has 0 saturated carbocycles. The number of halogens is 2. The number of primary amides is 1. The molecule has 0 saturated heterocycles. The van der Waals surface area contributed by atoms with Crippen molar-refractivity contribution in [3.8, 4) is 0 Å². The summed E-state index contributed by atoms with van der Waals surface area (Å²) in [5.41, 5.74) is 5.09. The molecule has 0 aliphatic heterocycles. The third kappa shape index (κ3) is 3.68. The van der Waals surface area contributed by atoms with E-state index in [1.54, 1.807) is 6.07 Å². The van der Waals surface area contributed by atoms with Gasteiger partial charge in [-0.2, -0.15) is 0 Å². The molecule has 6 nitrogen and oxygen atoms in total. The summed E-state index contributed by atoms with van der Waals surface area (Å²) in [6.07, 6.45) is -2.74. The fourth-order valence-corrected chi connectivity index (χ4v) is 2.00. The number of rotatable bonds is 4. The first kappa shape index (κ1) is 14.4. The molecule has 0 aromatic heterocycles. The molecule has 1 rings (SSSR count). The number of hydrogen-bond acceptors (Lipinski definition) is 4.